The van der Waals surface area contributed by atoms with E-state index < -0.39 is 5.38 Å². The van der Waals surface area contributed by atoms with Crippen LogP contribution in [0, 0.1) is 3.57 Å². The number of benzene rings is 2. The number of rotatable bonds is 3. The first-order valence-corrected chi connectivity index (χ1v) is 7.83. The number of alkyl halides is 1. The molecule has 0 fully saturated rings. The van der Waals surface area contributed by atoms with Crippen LogP contribution in [-0.4, -0.2) is 5.91 Å². The van der Waals surface area contributed by atoms with Crippen molar-refractivity contribution < 1.29 is 4.79 Å². The molecule has 1 N–H and O–H groups in total. The molecule has 98 valence electrons. The summed E-state index contributed by atoms with van der Waals surface area (Å²) in [5, 5.41) is 2.14. The number of carbonyl (C=O) groups is 1. The fourth-order valence-corrected chi connectivity index (χ4v) is 2.59. The van der Waals surface area contributed by atoms with Gasteiger partial charge in [0.1, 0.15) is 5.38 Å². The van der Waals surface area contributed by atoms with Crippen molar-refractivity contribution in [3.63, 3.8) is 0 Å². The normalized spacial score (nSPS) is 11.9. The Morgan fingerprint density at radius 3 is 2.58 bits per heavy atom. The van der Waals surface area contributed by atoms with E-state index in [0.717, 1.165) is 19.3 Å². The Balaban J connectivity index is 2.15. The third kappa shape index (κ3) is 3.94. The van der Waals surface area contributed by atoms with Crippen molar-refractivity contribution in [3.05, 3.63) is 62.1 Å². The minimum atomic E-state index is -0.698. The van der Waals surface area contributed by atoms with Crippen LogP contribution in [0.1, 0.15) is 10.9 Å². The Bertz CT molecular complexity index is 591. The van der Waals surface area contributed by atoms with Crippen molar-refractivity contribution in [1.29, 1.82) is 0 Å². The lowest BCUT2D eigenvalue weighted by Crippen LogP contribution is -2.17. The zero-order valence-electron chi connectivity index (χ0n) is 9.74. The molecular formula is C14H10BrClINO. The molecule has 0 saturated carbocycles. The van der Waals surface area contributed by atoms with Gasteiger partial charge in [0.05, 0.1) is 5.69 Å². The molecular weight excluding hydrogens is 440 g/mol. The molecule has 0 spiro atoms. The van der Waals surface area contributed by atoms with Gasteiger partial charge in [-0.1, -0.05) is 46.3 Å². The maximum atomic E-state index is 12.1. The van der Waals surface area contributed by atoms with E-state index in [9.17, 15) is 4.79 Å². The number of halogens is 3. The maximum Gasteiger partial charge on any atom is 0.247 e. The van der Waals surface area contributed by atoms with Crippen LogP contribution in [0.3, 0.4) is 0 Å². The summed E-state index contributed by atoms with van der Waals surface area (Å²) in [6, 6.07) is 15.0. The standard InChI is InChI=1S/C14H10BrClINO/c15-10-6-7-11(17)12(8-10)18-14(19)13(16)9-4-2-1-3-5-9/h1-8,13H,(H,18,19). The van der Waals surface area contributed by atoms with Crippen molar-refractivity contribution in [2.24, 2.45) is 0 Å². The zero-order chi connectivity index (χ0) is 13.8. The highest BCUT2D eigenvalue weighted by atomic mass is 127. The maximum absolute atomic E-state index is 12.1. The largest absolute Gasteiger partial charge is 0.323 e. The van der Waals surface area contributed by atoms with E-state index in [0.29, 0.717) is 0 Å². The van der Waals surface area contributed by atoms with E-state index in [1.807, 2.05) is 48.5 Å². The van der Waals surface area contributed by atoms with Crippen LogP contribution in [0.25, 0.3) is 0 Å². The average Bonchev–Trinajstić information content (AvgIpc) is 2.43. The fourth-order valence-electron chi connectivity index (χ4n) is 1.56. The highest BCUT2D eigenvalue weighted by Gasteiger charge is 2.18. The molecule has 0 heterocycles. The lowest BCUT2D eigenvalue weighted by atomic mass is 10.1. The molecule has 2 rings (SSSR count). The fraction of sp³-hybridized carbons (Fsp3) is 0.0714. The molecule has 0 radical (unpaired) electrons. The minimum absolute atomic E-state index is 0.233. The number of nitrogens with one attached hydrogen (secondary N) is 1. The van der Waals surface area contributed by atoms with Gasteiger partial charge < -0.3 is 5.32 Å². The quantitative estimate of drug-likeness (QED) is 0.519. The van der Waals surface area contributed by atoms with Gasteiger partial charge in [-0.15, -0.1) is 11.6 Å². The van der Waals surface area contributed by atoms with Crippen molar-refractivity contribution in [3.8, 4) is 0 Å². The monoisotopic (exact) mass is 449 g/mol. The first kappa shape index (κ1) is 14.8. The second kappa shape index (κ2) is 6.72. The van der Waals surface area contributed by atoms with Crippen LogP contribution in [0.2, 0.25) is 0 Å². The molecule has 5 heteroatoms. The SMILES string of the molecule is O=C(Nc1cc(Br)ccc1I)C(Cl)c1ccccc1. The Labute approximate surface area is 138 Å². The molecule has 1 unspecified atom stereocenters. The second-order valence-electron chi connectivity index (χ2n) is 3.89. The molecule has 0 bridgehead atoms. The summed E-state index contributed by atoms with van der Waals surface area (Å²) in [4.78, 5) is 12.1. The Hall–Kier alpha value is -0.590. The van der Waals surface area contributed by atoms with Crippen LogP contribution >= 0.6 is 50.1 Å². The van der Waals surface area contributed by atoms with E-state index >= 15 is 0 Å². The van der Waals surface area contributed by atoms with Gasteiger partial charge in [-0.3, -0.25) is 4.79 Å². The molecule has 0 aliphatic heterocycles. The Kier molecular flexibility index (Phi) is 5.24. The van der Waals surface area contributed by atoms with E-state index in [1.165, 1.54) is 0 Å². The van der Waals surface area contributed by atoms with Gasteiger partial charge in [0.25, 0.3) is 0 Å². The Morgan fingerprint density at radius 2 is 1.89 bits per heavy atom. The summed E-state index contributed by atoms with van der Waals surface area (Å²) >= 11 is 11.7. The second-order valence-corrected chi connectivity index (χ2v) is 6.40. The smallest absolute Gasteiger partial charge is 0.247 e. The van der Waals surface area contributed by atoms with Crippen LogP contribution < -0.4 is 5.32 Å². The zero-order valence-corrected chi connectivity index (χ0v) is 14.2. The van der Waals surface area contributed by atoms with Crippen LogP contribution in [0.15, 0.2) is 53.0 Å². The summed E-state index contributed by atoms with van der Waals surface area (Å²) in [6.45, 7) is 0. The summed E-state index contributed by atoms with van der Waals surface area (Å²) < 4.78 is 1.88. The van der Waals surface area contributed by atoms with Crippen molar-refractivity contribution in [2.75, 3.05) is 5.32 Å². The third-order valence-electron chi connectivity index (χ3n) is 2.51. The summed E-state index contributed by atoms with van der Waals surface area (Å²) in [5.41, 5.74) is 1.54. The number of amides is 1. The average molecular weight is 451 g/mol. The molecule has 2 aromatic rings. The first-order chi connectivity index (χ1) is 9.08. The lowest BCUT2D eigenvalue weighted by Gasteiger charge is -2.12. The van der Waals surface area contributed by atoms with Crippen molar-refractivity contribution in [2.45, 2.75) is 5.38 Å². The molecule has 0 aliphatic rings. The number of hydrogen-bond donors (Lipinski definition) is 1. The molecule has 1 atom stereocenters. The van der Waals surface area contributed by atoms with Gasteiger partial charge in [-0.25, -0.2) is 0 Å². The summed E-state index contributed by atoms with van der Waals surface area (Å²) in [7, 11) is 0. The number of carbonyl (C=O) groups excluding carboxylic acids is 1. The van der Waals surface area contributed by atoms with Gasteiger partial charge >= 0.3 is 0 Å². The van der Waals surface area contributed by atoms with Crippen LogP contribution in [0.4, 0.5) is 5.69 Å². The predicted octanol–water partition coefficient (Wildman–Crippen LogP) is 4.97. The molecule has 19 heavy (non-hydrogen) atoms. The Morgan fingerprint density at radius 1 is 1.21 bits per heavy atom. The number of hydrogen-bond acceptors (Lipinski definition) is 1. The van der Waals surface area contributed by atoms with Crippen LogP contribution in [-0.2, 0) is 4.79 Å². The molecule has 0 saturated heterocycles. The topological polar surface area (TPSA) is 29.1 Å². The molecule has 1 amide bonds. The summed E-state index contributed by atoms with van der Waals surface area (Å²) in [6.07, 6.45) is 0. The molecule has 0 aromatic heterocycles. The number of anilines is 1. The van der Waals surface area contributed by atoms with Gasteiger partial charge in [0, 0.05) is 8.04 Å². The van der Waals surface area contributed by atoms with E-state index in [-0.39, 0.29) is 5.91 Å². The first-order valence-electron chi connectivity index (χ1n) is 5.53. The van der Waals surface area contributed by atoms with Gasteiger partial charge in [-0.05, 0) is 46.4 Å². The highest BCUT2D eigenvalue weighted by Crippen LogP contribution is 2.26. The van der Waals surface area contributed by atoms with Gasteiger partial charge in [0.15, 0.2) is 0 Å². The highest BCUT2D eigenvalue weighted by molar-refractivity contribution is 14.1. The minimum Gasteiger partial charge on any atom is -0.323 e. The molecule has 2 nitrogen and oxygen atoms in total. The van der Waals surface area contributed by atoms with Gasteiger partial charge in [-0.2, -0.15) is 0 Å². The van der Waals surface area contributed by atoms with Crippen LogP contribution in [0.5, 0.6) is 0 Å². The van der Waals surface area contributed by atoms with E-state index in [4.69, 9.17) is 11.6 Å². The van der Waals surface area contributed by atoms with E-state index in [2.05, 4.69) is 43.8 Å². The van der Waals surface area contributed by atoms with E-state index in [1.54, 1.807) is 0 Å². The molecule has 2 aromatic carbocycles. The third-order valence-corrected chi connectivity index (χ3v) is 4.39. The van der Waals surface area contributed by atoms with Crippen molar-refractivity contribution >= 4 is 61.7 Å². The lowest BCUT2D eigenvalue weighted by molar-refractivity contribution is -0.116. The predicted molar refractivity (Wildman–Crippen MR) is 90.5 cm³/mol. The molecule has 0 aliphatic carbocycles. The van der Waals surface area contributed by atoms with Crippen molar-refractivity contribution in [1.82, 2.24) is 0 Å². The summed E-state index contributed by atoms with van der Waals surface area (Å²) in [5.74, 6) is -0.233. The van der Waals surface area contributed by atoms with Gasteiger partial charge in [0.2, 0.25) is 5.91 Å².